The molecule has 1 aromatic heterocycles. The van der Waals surface area contributed by atoms with Gasteiger partial charge in [-0.2, -0.15) is 5.10 Å². The summed E-state index contributed by atoms with van der Waals surface area (Å²) in [6, 6.07) is 17.8. The summed E-state index contributed by atoms with van der Waals surface area (Å²) in [4.78, 5) is 14.5. The van der Waals surface area contributed by atoms with Crippen LogP contribution in [0.4, 0.5) is 0 Å². The van der Waals surface area contributed by atoms with E-state index in [2.05, 4.69) is 11.0 Å². The summed E-state index contributed by atoms with van der Waals surface area (Å²) in [5.41, 5.74) is 3.65. The molecule has 0 aliphatic carbocycles. The van der Waals surface area contributed by atoms with Crippen molar-refractivity contribution in [2.45, 2.75) is 13.5 Å². The number of terminal acetylenes is 1. The number of para-hydroxylation sites is 1. The molecule has 124 valence electrons. The molecule has 4 nitrogen and oxygen atoms in total. The third kappa shape index (κ3) is 3.96. The maximum Gasteiger partial charge on any atom is 0.258 e. The number of carbonyl (C=O) groups is 1. The molecule has 3 rings (SSSR count). The minimum Gasteiger partial charge on any atom is -0.323 e. The predicted octanol–water partition coefficient (Wildman–Crippen LogP) is 3.46. The van der Waals surface area contributed by atoms with Gasteiger partial charge in [-0.1, -0.05) is 53.9 Å². The normalized spacial score (nSPS) is 10.2. The molecule has 0 aliphatic heterocycles. The molecule has 3 aromatic rings. The second-order valence-electron chi connectivity index (χ2n) is 5.86. The molecule has 4 heteroatoms. The minimum atomic E-state index is -0.124. The molecule has 1 amide bonds. The number of aryl methyl sites for hydroxylation is 1. The molecular formula is C21H19N3O. The first-order chi connectivity index (χ1) is 12.2. The number of rotatable bonds is 5. The summed E-state index contributed by atoms with van der Waals surface area (Å²) in [5.74, 6) is 2.44. The van der Waals surface area contributed by atoms with Gasteiger partial charge in [0.15, 0.2) is 0 Å². The van der Waals surface area contributed by atoms with Gasteiger partial charge in [-0.25, -0.2) is 4.68 Å². The van der Waals surface area contributed by atoms with Gasteiger partial charge in [0, 0.05) is 12.7 Å². The van der Waals surface area contributed by atoms with Crippen LogP contribution in [0.1, 0.15) is 21.5 Å². The van der Waals surface area contributed by atoms with Gasteiger partial charge in [-0.15, -0.1) is 6.42 Å². The molecule has 0 saturated heterocycles. The van der Waals surface area contributed by atoms with Gasteiger partial charge in [0.1, 0.15) is 0 Å². The monoisotopic (exact) mass is 329 g/mol. The fraction of sp³-hybridized carbons (Fsp3) is 0.143. The van der Waals surface area contributed by atoms with Crippen molar-refractivity contribution in [3.8, 4) is 18.0 Å². The van der Waals surface area contributed by atoms with Crippen LogP contribution < -0.4 is 0 Å². The number of hydrogen-bond acceptors (Lipinski definition) is 2. The van der Waals surface area contributed by atoms with Crippen molar-refractivity contribution in [1.29, 1.82) is 0 Å². The van der Waals surface area contributed by atoms with E-state index in [1.54, 1.807) is 22.0 Å². The van der Waals surface area contributed by atoms with Gasteiger partial charge in [0.05, 0.1) is 24.0 Å². The Morgan fingerprint density at radius 1 is 1.16 bits per heavy atom. The number of carbonyl (C=O) groups excluding carboxylic acids is 1. The lowest BCUT2D eigenvalue weighted by molar-refractivity contribution is 0.0766. The summed E-state index contributed by atoms with van der Waals surface area (Å²) in [7, 11) is 0. The van der Waals surface area contributed by atoms with E-state index in [-0.39, 0.29) is 12.5 Å². The van der Waals surface area contributed by atoms with Gasteiger partial charge in [-0.3, -0.25) is 4.79 Å². The van der Waals surface area contributed by atoms with Gasteiger partial charge in [0.2, 0.25) is 0 Å². The highest BCUT2D eigenvalue weighted by Gasteiger charge is 2.17. The third-order valence-corrected chi connectivity index (χ3v) is 3.91. The molecule has 0 radical (unpaired) electrons. The number of benzene rings is 2. The maximum absolute atomic E-state index is 12.8. The Labute approximate surface area is 147 Å². The molecule has 0 N–H and O–H groups in total. The van der Waals surface area contributed by atoms with Crippen molar-refractivity contribution in [3.63, 3.8) is 0 Å². The fourth-order valence-electron chi connectivity index (χ4n) is 2.56. The first-order valence-electron chi connectivity index (χ1n) is 8.06. The van der Waals surface area contributed by atoms with E-state index in [4.69, 9.17) is 6.42 Å². The topological polar surface area (TPSA) is 38.1 Å². The van der Waals surface area contributed by atoms with Gasteiger partial charge in [-0.05, 0) is 24.6 Å². The Bertz CT molecular complexity index is 889. The zero-order valence-corrected chi connectivity index (χ0v) is 14.1. The van der Waals surface area contributed by atoms with Gasteiger partial charge >= 0.3 is 0 Å². The second kappa shape index (κ2) is 7.50. The van der Waals surface area contributed by atoms with Crippen LogP contribution in [-0.4, -0.2) is 27.1 Å². The molecule has 0 fully saturated rings. The quantitative estimate of drug-likeness (QED) is 0.672. The van der Waals surface area contributed by atoms with Crippen molar-refractivity contribution in [2.75, 3.05) is 6.54 Å². The van der Waals surface area contributed by atoms with Crippen LogP contribution >= 0.6 is 0 Å². The van der Waals surface area contributed by atoms with Crippen LogP contribution in [0.25, 0.3) is 5.69 Å². The second-order valence-corrected chi connectivity index (χ2v) is 5.86. The van der Waals surface area contributed by atoms with E-state index in [0.29, 0.717) is 12.1 Å². The van der Waals surface area contributed by atoms with Crippen LogP contribution in [-0.2, 0) is 6.54 Å². The highest BCUT2D eigenvalue weighted by atomic mass is 16.2. The zero-order chi connectivity index (χ0) is 17.6. The number of nitrogens with zero attached hydrogens (tertiary/aromatic N) is 3. The molecule has 0 unspecified atom stereocenters. The largest absolute Gasteiger partial charge is 0.323 e. The summed E-state index contributed by atoms with van der Waals surface area (Å²) >= 11 is 0. The third-order valence-electron chi connectivity index (χ3n) is 3.91. The Kier molecular flexibility index (Phi) is 4.96. The summed E-state index contributed by atoms with van der Waals surface area (Å²) in [5, 5.41) is 4.29. The van der Waals surface area contributed by atoms with E-state index in [9.17, 15) is 4.79 Å². The lowest BCUT2D eigenvalue weighted by Gasteiger charge is -2.19. The van der Waals surface area contributed by atoms with Crippen molar-refractivity contribution in [1.82, 2.24) is 14.7 Å². The number of hydrogen-bond donors (Lipinski definition) is 0. The predicted molar refractivity (Wildman–Crippen MR) is 98.3 cm³/mol. The van der Waals surface area contributed by atoms with Crippen molar-refractivity contribution < 1.29 is 4.79 Å². The fourth-order valence-corrected chi connectivity index (χ4v) is 2.56. The molecule has 25 heavy (non-hydrogen) atoms. The molecule has 0 atom stereocenters. The SMILES string of the molecule is C#CCN(Cc1ccc(C)cc1)C(=O)c1cnn(-c2ccccc2)c1. The molecule has 0 aliphatic rings. The molecule has 2 aromatic carbocycles. The van der Waals surface area contributed by atoms with Crippen molar-refractivity contribution in [3.05, 3.63) is 83.7 Å². The standard InChI is InChI=1S/C21H19N3O/c1-3-13-23(15-18-11-9-17(2)10-12-18)21(25)19-14-22-24(16-19)20-7-5-4-6-8-20/h1,4-12,14,16H,13,15H2,2H3. The van der Waals surface area contributed by atoms with Crippen LogP contribution in [0, 0.1) is 19.3 Å². The van der Waals surface area contributed by atoms with Crippen LogP contribution in [0.3, 0.4) is 0 Å². The first kappa shape index (κ1) is 16.5. The summed E-state index contributed by atoms with van der Waals surface area (Å²) < 4.78 is 1.69. The lowest BCUT2D eigenvalue weighted by atomic mass is 10.1. The number of aromatic nitrogens is 2. The number of amides is 1. The van der Waals surface area contributed by atoms with Crippen molar-refractivity contribution in [2.24, 2.45) is 0 Å². The van der Waals surface area contributed by atoms with Crippen molar-refractivity contribution >= 4 is 5.91 Å². The molecule has 0 saturated carbocycles. The maximum atomic E-state index is 12.8. The Hall–Kier alpha value is -3.32. The molecule has 1 heterocycles. The average molecular weight is 329 g/mol. The molecule has 0 bridgehead atoms. The average Bonchev–Trinajstić information content (AvgIpc) is 3.13. The van der Waals surface area contributed by atoms with Gasteiger partial charge < -0.3 is 4.90 Å². The van der Waals surface area contributed by atoms with E-state index < -0.39 is 0 Å². The first-order valence-corrected chi connectivity index (χ1v) is 8.06. The highest BCUT2D eigenvalue weighted by Crippen LogP contribution is 2.13. The molecule has 0 spiro atoms. The van der Waals surface area contributed by atoms with Crippen LogP contribution in [0.2, 0.25) is 0 Å². The summed E-state index contributed by atoms with van der Waals surface area (Å²) in [6.45, 7) is 2.76. The zero-order valence-electron chi connectivity index (χ0n) is 14.1. The van der Waals surface area contributed by atoms with E-state index in [0.717, 1.165) is 11.3 Å². The van der Waals surface area contributed by atoms with E-state index >= 15 is 0 Å². The minimum absolute atomic E-state index is 0.124. The Morgan fingerprint density at radius 2 is 1.88 bits per heavy atom. The van der Waals surface area contributed by atoms with Crippen LogP contribution in [0.15, 0.2) is 67.0 Å². The molecular weight excluding hydrogens is 310 g/mol. The highest BCUT2D eigenvalue weighted by molar-refractivity contribution is 5.94. The summed E-state index contributed by atoms with van der Waals surface area (Å²) in [6.07, 6.45) is 8.76. The Morgan fingerprint density at radius 3 is 2.56 bits per heavy atom. The smallest absolute Gasteiger partial charge is 0.258 e. The Balaban J connectivity index is 1.80. The lowest BCUT2D eigenvalue weighted by Crippen LogP contribution is -2.30. The van der Waals surface area contributed by atoms with E-state index in [1.807, 2.05) is 61.5 Å². The van der Waals surface area contributed by atoms with E-state index in [1.165, 1.54) is 5.56 Å². The van der Waals surface area contributed by atoms with Gasteiger partial charge in [0.25, 0.3) is 5.91 Å². The van der Waals surface area contributed by atoms with Crippen LogP contribution in [0.5, 0.6) is 0 Å².